The number of ether oxygens (including phenoxy) is 1. The number of nitrogens with zero attached hydrogens (tertiary/aromatic N) is 3. The van der Waals surface area contributed by atoms with Crippen molar-refractivity contribution < 1.29 is 14.3 Å². The molecule has 172 valence electrons. The molecule has 2 heterocycles. The Morgan fingerprint density at radius 1 is 0.971 bits per heavy atom. The zero-order valence-electron chi connectivity index (χ0n) is 19.1. The van der Waals surface area contributed by atoms with Crippen molar-refractivity contribution in [2.45, 2.75) is 26.2 Å². The van der Waals surface area contributed by atoms with Crippen LogP contribution >= 0.6 is 0 Å². The van der Waals surface area contributed by atoms with Gasteiger partial charge >= 0.3 is 5.97 Å². The third-order valence-electron chi connectivity index (χ3n) is 5.30. The van der Waals surface area contributed by atoms with E-state index in [4.69, 9.17) is 4.74 Å². The highest BCUT2D eigenvalue weighted by molar-refractivity contribution is 5.96. The number of hydrogen-bond acceptors (Lipinski definition) is 5. The van der Waals surface area contributed by atoms with E-state index in [2.05, 4.69) is 15.4 Å². The van der Waals surface area contributed by atoms with Crippen LogP contribution < -0.4 is 5.32 Å². The summed E-state index contributed by atoms with van der Waals surface area (Å²) >= 11 is 0. The number of amides is 1. The molecule has 34 heavy (non-hydrogen) atoms. The van der Waals surface area contributed by atoms with Crippen LogP contribution in [0, 0.1) is 0 Å². The van der Waals surface area contributed by atoms with E-state index in [1.54, 1.807) is 10.9 Å². The largest absolute Gasteiger partial charge is 0.452 e. The molecule has 0 aliphatic carbocycles. The average Bonchev–Trinajstić information content (AvgIpc) is 3.31. The smallest absolute Gasteiger partial charge is 0.342 e. The summed E-state index contributed by atoms with van der Waals surface area (Å²) in [5, 5.41) is 7.19. The van der Waals surface area contributed by atoms with E-state index in [0.717, 1.165) is 11.1 Å². The number of para-hydroxylation sites is 1. The van der Waals surface area contributed by atoms with E-state index in [1.165, 1.54) is 6.20 Å². The lowest BCUT2D eigenvalue weighted by Gasteiger charge is -2.13. The topological polar surface area (TPSA) is 86.1 Å². The van der Waals surface area contributed by atoms with Gasteiger partial charge in [-0.2, -0.15) is 5.10 Å². The van der Waals surface area contributed by atoms with E-state index in [0.29, 0.717) is 29.2 Å². The number of rotatable bonds is 8. The Kier molecular flexibility index (Phi) is 7.13. The van der Waals surface area contributed by atoms with E-state index in [-0.39, 0.29) is 5.92 Å². The van der Waals surface area contributed by atoms with Crippen molar-refractivity contribution in [2.24, 2.45) is 0 Å². The SMILES string of the molecule is CC(C)c1c(C(=O)OCC(=O)Nc2ccccc2Cc2ccccc2)cnn1-c1ccccn1. The first-order chi connectivity index (χ1) is 16.5. The Bertz CT molecular complexity index is 1270. The first kappa shape index (κ1) is 22.9. The molecule has 0 bridgehead atoms. The maximum atomic E-state index is 12.8. The summed E-state index contributed by atoms with van der Waals surface area (Å²) < 4.78 is 6.96. The van der Waals surface area contributed by atoms with Crippen molar-refractivity contribution in [3.05, 3.63) is 108 Å². The zero-order valence-corrected chi connectivity index (χ0v) is 19.1. The highest BCUT2D eigenvalue weighted by Gasteiger charge is 2.23. The maximum Gasteiger partial charge on any atom is 0.342 e. The lowest BCUT2D eigenvalue weighted by molar-refractivity contribution is -0.119. The summed E-state index contributed by atoms with van der Waals surface area (Å²) in [4.78, 5) is 29.7. The summed E-state index contributed by atoms with van der Waals surface area (Å²) in [6.07, 6.45) is 3.81. The molecule has 0 atom stereocenters. The third kappa shape index (κ3) is 5.38. The number of aromatic nitrogens is 3. The molecular formula is C27H26N4O3. The van der Waals surface area contributed by atoms with Gasteiger partial charge in [-0.15, -0.1) is 0 Å². The van der Waals surface area contributed by atoms with Gasteiger partial charge in [0.1, 0.15) is 5.56 Å². The molecule has 0 radical (unpaired) electrons. The molecule has 0 saturated heterocycles. The maximum absolute atomic E-state index is 12.8. The zero-order chi connectivity index (χ0) is 23.9. The van der Waals surface area contributed by atoms with Crippen molar-refractivity contribution in [2.75, 3.05) is 11.9 Å². The summed E-state index contributed by atoms with van der Waals surface area (Å²) in [7, 11) is 0. The van der Waals surface area contributed by atoms with Crippen molar-refractivity contribution in [3.63, 3.8) is 0 Å². The van der Waals surface area contributed by atoms with E-state index >= 15 is 0 Å². The lowest BCUT2D eigenvalue weighted by atomic mass is 10.0. The molecule has 0 aliphatic heterocycles. The van der Waals surface area contributed by atoms with Gasteiger partial charge in [-0.1, -0.05) is 68.4 Å². The number of hydrogen-bond donors (Lipinski definition) is 1. The van der Waals surface area contributed by atoms with Crippen LogP contribution in [0.2, 0.25) is 0 Å². The normalized spacial score (nSPS) is 10.8. The van der Waals surface area contributed by atoms with Gasteiger partial charge in [0, 0.05) is 11.9 Å². The van der Waals surface area contributed by atoms with E-state index in [9.17, 15) is 9.59 Å². The van der Waals surface area contributed by atoms with Crippen LogP contribution in [0.15, 0.2) is 85.2 Å². The second-order valence-corrected chi connectivity index (χ2v) is 8.14. The van der Waals surface area contributed by atoms with Gasteiger partial charge in [0.2, 0.25) is 0 Å². The van der Waals surface area contributed by atoms with Gasteiger partial charge < -0.3 is 10.1 Å². The lowest BCUT2D eigenvalue weighted by Crippen LogP contribution is -2.22. The summed E-state index contributed by atoms with van der Waals surface area (Å²) in [6.45, 7) is 3.53. The first-order valence-corrected chi connectivity index (χ1v) is 11.1. The fourth-order valence-electron chi connectivity index (χ4n) is 3.74. The van der Waals surface area contributed by atoms with E-state index in [1.807, 2.05) is 86.6 Å². The molecular weight excluding hydrogens is 428 g/mol. The molecule has 0 aliphatic rings. The predicted molar refractivity (Wildman–Crippen MR) is 130 cm³/mol. The second-order valence-electron chi connectivity index (χ2n) is 8.14. The van der Waals surface area contributed by atoms with Gasteiger partial charge in [0.15, 0.2) is 12.4 Å². The number of carbonyl (C=O) groups is 2. The van der Waals surface area contributed by atoms with Crippen LogP contribution in [0.5, 0.6) is 0 Å². The third-order valence-corrected chi connectivity index (χ3v) is 5.30. The van der Waals surface area contributed by atoms with Crippen molar-refractivity contribution in [1.29, 1.82) is 0 Å². The fraction of sp³-hybridized carbons (Fsp3) is 0.185. The van der Waals surface area contributed by atoms with Crippen LogP contribution in [-0.2, 0) is 16.0 Å². The second kappa shape index (κ2) is 10.6. The molecule has 2 aromatic heterocycles. The number of carbonyl (C=O) groups excluding carboxylic acids is 2. The number of esters is 1. The quantitative estimate of drug-likeness (QED) is 0.387. The highest BCUT2D eigenvalue weighted by Crippen LogP contribution is 2.23. The molecule has 7 nitrogen and oxygen atoms in total. The summed E-state index contributed by atoms with van der Waals surface area (Å²) in [6, 6.07) is 23.1. The predicted octanol–water partition coefficient (Wildman–Crippen LogP) is 4.78. The molecule has 7 heteroatoms. The van der Waals surface area contributed by atoms with Crippen molar-refractivity contribution >= 4 is 17.6 Å². The molecule has 1 N–H and O–H groups in total. The van der Waals surface area contributed by atoms with Crippen LogP contribution in [-0.4, -0.2) is 33.2 Å². The Morgan fingerprint density at radius 2 is 1.71 bits per heavy atom. The van der Waals surface area contributed by atoms with Crippen molar-refractivity contribution in [1.82, 2.24) is 14.8 Å². The van der Waals surface area contributed by atoms with Gasteiger partial charge in [0.05, 0.1) is 11.9 Å². The number of benzene rings is 2. The minimum atomic E-state index is -0.599. The Hall–Kier alpha value is -4.26. The molecule has 4 rings (SSSR count). The van der Waals surface area contributed by atoms with Crippen molar-refractivity contribution in [3.8, 4) is 5.82 Å². The minimum Gasteiger partial charge on any atom is -0.452 e. The van der Waals surface area contributed by atoms with Gasteiger partial charge in [0.25, 0.3) is 5.91 Å². The first-order valence-electron chi connectivity index (χ1n) is 11.1. The molecule has 2 aromatic carbocycles. The number of pyridine rings is 1. The Labute approximate surface area is 198 Å². The molecule has 1 amide bonds. The fourth-order valence-corrected chi connectivity index (χ4v) is 3.74. The monoisotopic (exact) mass is 454 g/mol. The average molecular weight is 455 g/mol. The van der Waals surface area contributed by atoms with Gasteiger partial charge in [-0.3, -0.25) is 4.79 Å². The summed E-state index contributed by atoms with van der Waals surface area (Å²) in [5.41, 5.74) is 3.81. The summed E-state index contributed by atoms with van der Waals surface area (Å²) in [5.74, 6) is -0.403. The molecule has 0 unspecified atom stereocenters. The highest BCUT2D eigenvalue weighted by atomic mass is 16.5. The minimum absolute atomic E-state index is 0.00857. The Morgan fingerprint density at radius 3 is 2.44 bits per heavy atom. The van der Waals surface area contributed by atoms with Crippen LogP contribution in [0.25, 0.3) is 5.82 Å². The number of anilines is 1. The van der Waals surface area contributed by atoms with Gasteiger partial charge in [-0.25, -0.2) is 14.5 Å². The van der Waals surface area contributed by atoms with Crippen LogP contribution in [0.1, 0.15) is 46.9 Å². The molecule has 4 aromatic rings. The van der Waals surface area contributed by atoms with Crippen LogP contribution in [0.4, 0.5) is 5.69 Å². The molecule has 0 fully saturated rings. The standard InChI is InChI=1S/C27H26N4O3/c1-19(2)26-22(17-29-31(26)24-14-8-9-15-28-24)27(33)34-18-25(32)30-23-13-7-6-12-21(23)16-20-10-4-3-5-11-20/h3-15,17,19H,16,18H2,1-2H3,(H,30,32). The Balaban J connectivity index is 1.43. The molecule has 0 saturated carbocycles. The van der Waals surface area contributed by atoms with Gasteiger partial charge in [-0.05, 0) is 41.7 Å². The van der Waals surface area contributed by atoms with Crippen LogP contribution in [0.3, 0.4) is 0 Å². The van der Waals surface area contributed by atoms with E-state index < -0.39 is 18.5 Å². The number of nitrogens with one attached hydrogen (secondary N) is 1. The molecule has 0 spiro atoms.